The SMILES string of the molecule is C(#C[C@H]1O[C@H](COCc2ccccc2)[C@@H](OCc2ccccc2)[C@H]1OCc1ccccc1)c1ccccc1. The molecule has 0 N–H and O–H groups in total. The average Bonchev–Trinajstić information content (AvgIpc) is 3.32. The van der Waals surface area contributed by atoms with E-state index in [9.17, 15) is 0 Å². The summed E-state index contributed by atoms with van der Waals surface area (Å²) >= 11 is 0. The van der Waals surface area contributed by atoms with Crippen molar-refractivity contribution in [1.29, 1.82) is 0 Å². The minimum Gasteiger partial charge on any atom is -0.374 e. The highest BCUT2D eigenvalue weighted by Crippen LogP contribution is 2.29. The molecular formula is C34H32O4. The number of ether oxygens (including phenoxy) is 4. The smallest absolute Gasteiger partial charge is 0.147 e. The quantitative estimate of drug-likeness (QED) is 0.241. The lowest BCUT2D eigenvalue weighted by atomic mass is 10.1. The fourth-order valence-corrected chi connectivity index (χ4v) is 4.44. The summed E-state index contributed by atoms with van der Waals surface area (Å²) in [6, 6.07) is 40.4. The van der Waals surface area contributed by atoms with Gasteiger partial charge < -0.3 is 18.9 Å². The minimum absolute atomic E-state index is 0.321. The first kappa shape index (κ1) is 25.9. The molecule has 1 saturated heterocycles. The van der Waals surface area contributed by atoms with E-state index in [0.717, 1.165) is 22.3 Å². The van der Waals surface area contributed by atoms with Crippen LogP contribution in [-0.4, -0.2) is 31.0 Å². The maximum Gasteiger partial charge on any atom is 0.147 e. The zero-order valence-corrected chi connectivity index (χ0v) is 21.3. The van der Waals surface area contributed by atoms with Crippen LogP contribution in [-0.2, 0) is 38.8 Å². The van der Waals surface area contributed by atoms with Crippen LogP contribution in [0.15, 0.2) is 121 Å². The third-order valence-corrected chi connectivity index (χ3v) is 6.41. The average molecular weight is 505 g/mol. The van der Waals surface area contributed by atoms with Gasteiger partial charge in [-0.25, -0.2) is 0 Å². The van der Waals surface area contributed by atoms with Gasteiger partial charge in [0.25, 0.3) is 0 Å². The van der Waals surface area contributed by atoms with Gasteiger partial charge in [0.15, 0.2) is 0 Å². The molecule has 0 spiro atoms. The van der Waals surface area contributed by atoms with Crippen molar-refractivity contribution in [2.45, 2.75) is 44.2 Å². The van der Waals surface area contributed by atoms with E-state index in [4.69, 9.17) is 18.9 Å². The molecule has 0 bridgehead atoms. The van der Waals surface area contributed by atoms with Crippen LogP contribution in [0.2, 0.25) is 0 Å². The Kier molecular flexibility index (Phi) is 9.35. The van der Waals surface area contributed by atoms with Gasteiger partial charge in [-0.3, -0.25) is 0 Å². The summed E-state index contributed by atoms with van der Waals surface area (Å²) in [6.07, 6.45) is -1.49. The molecular weight excluding hydrogens is 472 g/mol. The zero-order valence-electron chi connectivity index (χ0n) is 21.3. The van der Waals surface area contributed by atoms with E-state index in [1.54, 1.807) is 0 Å². The Morgan fingerprint density at radius 2 is 1.03 bits per heavy atom. The van der Waals surface area contributed by atoms with Crippen LogP contribution in [0.5, 0.6) is 0 Å². The monoisotopic (exact) mass is 504 g/mol. The topological polar surface area (TPSA) is 36.9 Å². The first-order chi connectivity index (χ1) is 18.8. The molecule has 1 fully saturated rings. The fraction of sp³-hybridized carbons (Fsp3) is 0.235. The van der Waals surface area contributed by atoms with Crippen LogP contribution in [0.3, 0.4) is 0 Å². The van der Waals surface area contributed by atoms with Crippen molar-refractivity contribution in [2.24, 2.45) is 0 Å². The van der Waals surface area contributed by atoms with Gasteiger partial charge in [0, 0.05) is 5.56 Å². The van der Waals surface area contributed by atoms with Crippen molar-refractivity contribution in [3.8, 4) is 11.8 Å². The third kappa shape index (κ3) is 7.41. The fourth-order valence-electron chi connectivity index (χ4n) is 4.44. The highest BCUT2D eigenvalue weighted by atomic mass is 16.6. The van der Waals surface area contributed by atoms with Crippen LogP contribution < -0.4 is 0 Å². The second-order valence-corrected chi connectivity index (χ2v) is 9.25. The Labute approximate surface area is 225 Å². The second kappa shape index (κ2) is 13.7. The van der Waals surface area contributed by atoms with E-state index in [-0.39, 0.29) is 18.3 Å². The van der Waals surface area contributed by atoms with Gasteiger partial charge in [-0.05, 0) is 28.8 Å². The van der Waals surface area contributed by atoms with E-state index in [1.165, 1.54) is 0 Å². The van der Waals surface area contributed by atoms with Crippen molar-refractivity contribution < 1.29 is 18.9 Å². The molecule has 4 aromatic rings. The normalized spacial score (nSPS) is 20.5. The highest BCUT2D eigenvalue weighted by molar-refractivity contribution is 5.35. The van der Waals surface area contributed by atoms with Gasteiger partial charge >= 0.3 is 0 Å². The van der Waals surface area contributed by atoms with Crippen LogP contribution >= 0.6 is 0 Å². The second-order valence-electron chi connectivity index (χ2n) is 9.25. The van der Waals surface area contributed by atoms with Gasteiger partial charge in [-0.2, -0.15) is 0 Å². The Hall–Kier alpha value is -3.72. The van der Waals surface area contributed by atoms with Crippen LogP contribution in [0, 0.1) is 11.8 Å². The molecule has 0 unspecified atom stereocenters. The van der Waals surface area contributed by atoms with Gasteiger partial charge in [-0.15, -0.1) is 0 Å². The van der Waals surface area contributed by atoms with Crippen molar-refractivity contribution in [2.75, 3.05) is 6.61 Å². The number of benzene rings is 4. The Morgan fingerprint density at radius 3 is 1.58 bits per heavy atom. The maximum absolute atomic E-state index is 6.49. The Morgan fingerprint density at radius 1 is 0.553 bits per heavy atom. The summed E-state index contributed by atoms with van der Waals surface area (Å²) < 4.78 is 25.5. The van der Waals surface area contributed by atoms with Crippen LogP contribution in [0.1, 0.15) is 22.3 Å². The summed E-state index contributed by atoms with van der Waals surface area (Å²) in [6.45, 7) is 1.78. The van der Waals surface area contributed by atoms with E-state index in [2.05, 4.69) is 48.2 Å². The molecule has 5 rings (SSSR count). The van der Waals surface area contributed by atoms with Gasteiger partial charge in [0.2, 0.25) is 0 Å². The molecule has 38 heavy (non-hydrogen) atoms. The third-order valence-electron chi connectivity index (χ3n) is 6.41. The predicted octanol–water partition coefficient (Wildman–Crippen LogP) is 6.19. The largest absolute Gasteiger partial charge is 0.374 e. The summed E-state index contributed by atoms with van der Waals surface area (Å²) in [5.41, 5.74) is 4.23. The Bertz CT molecular complexity index is 1280. The number of hydrogen-bond donors (Lipinski definition) is 0. The van der Waals surface area contributed by atoms with Crippen LogP contribution in [0.4, 0.5) is 0 Å². The number of hydrogen-bond acceptors (Lipinski definition) is 4. The molecule has 1 aliphatic rings. The van der Waals surface area contributed by atoms with E-state index < -0.39 is 6.10 Å². The lowest BCUT2D eigenvalue weighted by molar-refractivity contribution is -0.0896. The van der Waals surface area contributed by atoms with Crippen molar-refractivity contribution in [3.05, 3.63) is 144 Å². The zero-order chi connectivity index (χ0) is 25.8. The lowest BCUT2D eigenvalue weighted by Gasteiger charge is -2.24. The van der Waals surface area contributed by atoms with Crippen molar-refractivity contribution >= 4 is 0 Å². The van der Waals surface area contributed by atoms with Crippen molar-refractivity contribution in [1.82, 2.24) is 0 Å². The van der Waals surface area contributed by atoms with Gasteiger partial charge in [0.05, 0.1) is 26.4 Å². The van der Waals surface area contributed by atoms with E-state index in [0.29, 0.717) is 26.4 Å². The molecule has 0 aromatic heterocycles. The molecule has 4 atom stereocenters. The first-order valence-corrected chi connectivity index (χ1v) is 13.0. The summed E-state index contributed by atoms with van der Waals surface area (Å²) in [7, 11) is 0. The van der Waals surface area contributed by atoms with Gasteiger partial charge in [0.1, 0.15) is 24.4 Å². The molecule has 0 aliphatic carbocycles. The lowest BCUT2D eigenvalue weighted by Crippen LogP contribution is -2.38. The first-order valence-electron chi connectivity index (χ1n) is 13.0. The number of rotatable bonds is 10. The molecule has 0 amide bonds. The maximum atomic E-state index is 6.49. The summed E-state index contributed by atoms with van der Waals surface area (Å²) in [4.78, 5) is 0. The van der Waals surface area contributed by atoms with Crippen molar-refractivity contribution in [3.63, 3.8) is 0 Å². The standard InChI is InChI=1S/C34H32O4/c1-5-13-27(14-6-1)21-22-31-33(36-24-29-17-9-3-10-18-29)34(37-25-30-19-11-4-12-20-30)32(38-31)26-35-23-28-15-7-2-8-16-28/h1-20,31-34H,23-26H2/t31-,32-,33+,34-/m1/s1. The van der Waals surface area contributed by atoms with E-state index in [1.807, 2.05) is 84.9 Å². The molecule has 192 valence electrons. The summed E-state index contributed by atoms with van der Waals surface area (Å²) in [5.74, 6) is 6.58. The molecule has 1 aliphatic heterocycles. The molecule has 0 radical (unpaired) electrons. The Balaban J connectivity index is 1.35. The highest BCUT2D eigenvalue weighted by Gasteiger charge is 2.46. The van der Waals surface area contributed by atoms with E-state index >= 15 is 0 Å². The predicted molar refractivity (Wildman–Crippen MR) is 148 cm³/mol. The summed E-state index contributed by atoms with van der Waals surface area (Å²) in [5, 5.41) is 0. The molecule has 0 saturated carbocycles. The minimum atomic E-state index is -0.454. The van der Waals surface area contributed by atoms with Crippen LogP contribution in [0.25, 0.3) is 0 Å². The molecule has 4 nitrogen and oxygen atoms in total. The molecule has 4 aromatic carbocycles. The molecule has 1 heterocycles. The molecule has 4 heteroatoms. The van der Waals surface area contributed by atoms with Gasteiger partial charge in [-0.1, -0.05) is 121 Å².